The Hall–Kier alpha value is -1.23. The SMILES string of the molecule is CC1CCCCN1CCCNc1nn(C)cc1N. The topological polar surface area (TPSA) is 59.1 Å². The van der Waals surface area contributed by atoms with E-state index < -0.39 is 0 Å². The quantitative estimate of drug-likeness (QED) is 0.782. The first-order chi connectivity index (χ1) is 8.66. The number of likely N-dealkylation sites (tertiary alicyclic amines) is 1. The highest BCUT2D eigenvalue weighted by Gasteiger charge is 2.17. The molecule has 1 fully saturated rings. The zero-order valence-corrected chi connectivity index (χ0v) is 11.5. The monoisotopic (exact) mass is 251 g/mol. The van der Waals surface area contributed by atoms with Gasteiger partial charge in [-0.3, -0.25) is 4.68 Å². The number of nitrogens with zero attached hydrogens (tertiary/aromatic N) is 3. The van der Waals surface area contributed by atoms with E-state index in [4.69, 9.17) is 5.73 Å². The lowest BCUT2D eigenvalue weighted by Gasteiger charge is -2.33. The summed E-state index contributed by atoms with van der Waals surface area (Å²) in [5.74, 6) is 0.809. The summed E-state index contributed by atoms with van der Waals surface area (Å²) >= 11 is 0. The molecule has 1 aromatic heterocycles. The molecular formula is C13H25N5. The molecule has 5 heteroatoms. The smallest absolute Gasteiger partial charge is 0.171 e. The molecule has 1 atom stereocenters. The number of nitrogen functional groups attached to an aromatic ring is 1. The molecule has 18 heavy (non-hydrogen) atoms. The molecule has 0 aromatic carbocycles. The lowest BCUT2D eigenvalue weighted by Crippen LogP contribution is -2.38. The Labute approximate surface area is 109 Å². The molecule has 1 aliphatic rings. The average Bonchev–Trinajstić information content (AvgIpc) is 2.65. The van der Waals surface area contributed by atoms with Gasteiger partial charge in [0.15, 0.2) is 5.82 Å². The maximum absolute atomic E-state index is 5.83. The summed E-state index contributed by atoms with van der Waals surface area (Å²) < 4.78 is 1.74. The van der Waals surface area contributed by atoms with Crippen molar-refractivity contribution in [3.8, 4) is 0 Å². The predicted molar refractivity (Wildman–Crippen MR) is 75.6 cm³/mol. The van der Waals surface area contributed by atoms with E-state index in [0.717, 1.165) is 30.5 Å². The first-order valence-electron chi connectivity index (χ1n) is 6.94. The molecule has 0 amide bonds. The molecule has 2 rings (SSSR count). The Balaban J connectivity index is 1.68. The normalized spacial score (nSPS) is 21.1. The van der Waals surface area contributed by atoms with E-state index in [2.05, 4.69) is 22.2 Å². The molecule has 1 aromatic rings. The second-order valence-corrected chi connectivity index (χ2v) is 5.27. The molecule has 1 unspecified atom stereocenters. The lowest BCUT2D eigenvalue weighted by atomic mass is 10.0. The second-order valence-electron chi connectivity index (χ2n) is 5.27. The average molecular weight is 251 g/mol. The van der Waals surface area contributed by atoms with Gasteiger partial charge < -0.3 is 16.0 Å². The summed E-state index contributed by atoms with van der Waals surface area (Å²) in [7, 11) is 1.89. The molecule has 2 heterocycles. The first-order valence-corrected chi connectivity index (χ1v) is 6.94. The molecule has 102 valence electrons. The van der Waals surface area contributed by atoms with Gasteiger partial charge in [0.25, 0.3) is 0 Å². The largest absolute Gasteiger partial charge is 0.394 e. The van der Waals surface area contributed by atoms with Gasteiger partial charge in [-0.2, -0.15) is 5.10 Å². The van der Waals surface area contributed by atoms with Gasteiger partial charge in [-0.1, -0.05) is 6.42 Å². The van der Waals surface area contributed by atoms with Crippen molar-refractivity contribution in [2.75, 3.05) is 30.7 Å². The highest BCUT2D eigenvalue weighted by molar-refractivity contribution is 5.59. The van der Waals surface area contributed by atoms with Gasteiger partial charge >= 0.3 is 0 Å². The maximum Gasteiger partial charge on any atom is 0.171 e. The van der Waals surface area contributed by atoms with Crippen molar-refractivity contribution in [3.63, 3.8) is 0 Å². The molecule has 0 bridgehead atoms. The van der Waals surface area contributed by atoms with Crippen LogP contribution in [0, 0.1) is 0 Å². The standard InChI is InChI=1S/C13H25N5/c1-11-6-3-4-8-18(11)9-5-7-15-13-12(14)10-17(2)16-13/h10-11H,3-9,14H2,1-2H3,(H,15,16). The van der Waals surface area contributed by atoms with Crippen molar-refractivity contribution in [3.05, 3.63) is 6.20 Å². The van der Waals surface area contributed by atoms with Gasteiger partial charge in [0, 0.05) is 32.4 Å². The Bertz CT molecular complexity index is 373. The van der Waals surface area contributed by atoms with Crippen molar-refractivity contribution < 1.29 is 0 Å². The van der Waals surface area contributed by atoms with Gasteiger partial charge in [-0.15, -0.1) is 0 Å². The summed E-state index contributed by atoms with van der Waals surface area (Å²) in [6.45, 7) is 5.70. The van der Waals surface area contributed by atoms with E-state index in [1.165, 1.54) is 32.4 Å². The van der Waals surface area contributed by atoms with Gasteiger partial charge in [-0.05, 0) is 32.7 Å². The molecule has 3 N–H and O–H groups in total. The minimum Gasteiger partial charge on any atom is -0.394 e. The van der Waals surface area contributed by atoms with Crippen LogP contribution in [0.15, 0.2) is 6.20 Å². The van der Waals surface area contributed by atoms with Crippen molar-refractivity contribution in [2.24, 2.45) is 7.05 Å². The Morgan fingerprint density at radius 1 is 1.50 bits per heavy atom. The zero-order chi connectivity index (χ0) is 13.0. The fourth-order valence-corrected chi connectivity index (χ4v) is 2.62. The van der Waals surface area contributed by atoms with Crippen LogP contribution in [0.3, 0.4) is 0 Å². The minimum atomic E-state index is 0.726. The van der Waals surface area contributed by atoms with Crippen LogP contribution in [0.2, 0.25) is 0 Å². The summed E-state index contributed by atoms with van der Waals surface area (Å²) in [6, 6.07) is 0.749. The van der Waals surface area contributed by atoms with Crippen LogP contribution in [0.4, 0.5) is 11.5 Å². The van der Waals surface area contributed by atoms with Gasteiger partial charge in [0.2, 0.25) is 0 Å². The van der Waals surface area contributed by atoms with Crippen LogP contribution in [-0.4, -0.2) is 40.4 Å². The molecule has 0 saturated carbocycles. The van der Waals surface area contributed by atoms with Crippen LogP contribution in [0.25, 0.3) is 0 Å². The van der Waals surface area contributed by atoms with E-state index in [1.807, 2.05) is 13.2 Å². The number of nitrogens with one attached hydrogen (secondary N) is 1. The third-order valence-electron chi connectivity index (χ3n) is 3.71. The van der Waals surface area contributed by atoms with Crippen LogP contribution in [0.5, 0.6) is 0 Å². The molecular weight excluding hydrogens is 226 g/mol. The highest BCUT2D eigenvalue weighted by Crippen LogP contribution is 2.17. The lowest BCUT2D eigenvalue weighted by molar-refractivity contribution is 0.160. The maximum atomic E-state index is 5.83. The molecule has 0 aliphatic carbocycles. The van der Waals surface area contributed by atoms with Gasteiger partial charge in [0.1, 0.15) is 0 Å². The van der Waals surface area contributed by atoms with Gasteiger partial charge in [0.05, 0.1) is 5.69 Å². The minimum absolute atomic E-state index is 0.726. The van der Waals surface area contributed by atoms with E-state index >= 15 is 0 Å². The van der Waals surface area contributed by atoms with E-state index in [9.17, 15) is 0 Å². The van der Waals surface area contributed by atoms with Crippen molar-refractivity contribution in [1.82, 2.24) is 14.7 Å². The Kier molecular flexibility index (Phi) is 4.47. The fourth-order valence-electron chi connectivity index (χ4n) is 2.62. The summed E-state index contributed by atoms with van der Waals surface area (Å²) in [6.07, 6.45) is 7.06. The summed E-state index contributed by atoms with van der Waals surface area (Å²) in [5, 5.41) is 7.58. The molecule has 5 nitrogen and oxygen atoms in total. The molecule has 0 radical (unpaired) electrons. The molecule has 0 spiro atoms. The Morgan fingerprint density at radius 3 is 3.00 bits per heavy atom. The predicted octanol–water partition coefficient (Wildman–Crippen LogP) is 1.68. The van der Waals surface area contributed by atoms with E-state index in [1.54, 1.807) is 4.68 Å². The van der Waals surface area contributed by atoms with Gasteiger partial charge in [-0.25, -0.2) is 0 Å². The summed E-state index contributed by atoms with van der Waals surface area (Å²) in [5.41, 5.74) is 6.56. The third kappa shape index (κ3) is 3.38. The number of aryl methyl sites for hydroxylation is 1. The number of hydrogen-bond acceptors (Lipinski definition) is 4. The highest BCUT2D eigenvalue weighted by atomic mass is 15.3. The number of hydrogen-bond donors (Lipinski definition) is 2. The van der Waals surface area contributed by atoms with E-state index in [0.29, 0.717) is 0 Å². The number of piperidine rings is 1. The van der Waals surface area contributed by atoms with Crippen molar-refractivity contribution in [1.29, 1.82) is 0 Å². The molecule has 1 saturated heterocycles. The zero-order valence-electron chi connectivity index (χ0n) is 11.5. The second kappa shape index (κ2) is 6.09. The number of anilines is 2. The third-order valence-corrected chi connectivity index (χ3v) is 3.71. The molecule has 1 aliphatic heterocycles. The van der Waals surface area contributed by atoms with Crippen LogP contribution < -0.4 is 11.1 Å². The number of rotatable bonds is 5. The van der Waals surface area contributed by atoms with E-state index in [-0.39, 0.29) is 0 Å². The first kappa shape index (κ1) is 13.2. The number of nitrogens with two attached hydrogens (primary N) is 1. The fraction of sp³-hybridized carbons (Fsp3) is 0.769. The summed E-state index contributed by atoms with van der Waals surface area (Å²) in [4.78, 5) is 2.59. The Morgan fingerprint density at radius 2 is 2.33 bits per heavy atom. The van der Waals surface area contributed by atoms with Crippen LogP contribution in [-0.2, 0) is 7.05 Å². The number of aromatic nitrogens is 2. The van der Waals surface area contributed by atoms with Crippen LogP contribution in [0.1, 0.15) is 32.6 Å². The van der Waals surface area contributed by atoms with Crippen LogP contribution >= 0.6 is 0 Å². The van der Waals surface area contributed by atoms with Crippen molar-refractivity contribution in [2.45, 2.75) is 38.6 Å². The van der Waals surface area contributed by atoms with Crippen molar-refractivity contribution >= 4 is 11.5 Å².